The highest BCUT2D eigenvalue weighted by Gasteiger charge is 2.44. The lowest BCUT2D eigenvalue weighted by Crippen LogP contribution is -2.48. The molecule has 3 aromatic rings. The van der Waals surface area contributed by atoms with Crippen LogP contribution in [0.15, 0.2) is 36.7 Å². The van der Waals surface area contributed by atoms with Gasteiger partial charge in [0.1, 0.15) is 34.1 Å². The number of alkyl carbamates (subject to hydrolysis) is 1. The van der Waals surface area contributed by atoms with Gasteiger partial charge in [0.25, 0.3) is 5.91 Å². The number of nitrogens with one attached hydrogen (secondary N) is 2. The average molecular weight is 613 g/mol. The Hall–Kier alpha value is -4.09. The summed E-state index contributed by atoms with van der Waals surface area (Å²) in [6, 6.07) is 6.82. The summed E-state index contributed by atoms with van der Waals surface area (Å²) < 4.78 is 50.7. The van der Waals surface area contributed by atoms with Gasteiger partial charge in [0.05, 0.1) is 25.1 Å². The molecule has 0 radical (unpaired) electrons. The van der Waals surface area contributed by atoms with Crippen LogP contribution in [0.4, 0.5) is 13.6 Å². The van der Waals surface area contributed by atoms with Crippen molar-refractivity contribution in [1.29, 1.82) is 0 Å². The predicted octanol–water partition coefficient (Wildman–Crippen LogP) is 5.96. The molecule has 1 aromatic carbocycles. The van der Waals surface area contributed by atoms with Crippen LogP contribution in [-0.2, 0) is 4.74 Å². The Kier molecular flexibility index (Phi) is 8.02. The molecule has 10 nitrogen and oxygen atoms in total. The van der Waals surface area contributed by atoms with Crippen LogP contribution in [-0.4, -0.2) is 58.9 Å². The summed E-state index contributed by atoms with van der Waals surface area (Å²) in [5.41, 5.74) is 1.08. The molecule has 236 valence electrons. The number of halogens is 2. The summed E-state index contributed by atoms with van der Waals surface area (Å²) in [5, 5.41) is 5.91. The Morgan fingerprint density at radius 1 is 1.02 bits per heavy atom. The number of benzene rings is 1. The van der Waals surface area contributed by atoms with Crippen LogP contribution in [0, 0.1) is 11.8 Å². The van der Waals surface area contributed by atoms with Gasteiger partial charge in [0.2, 0.25) is 0 Å². The number of ether oxygens (including phenoxy) is 4. The molecule has 2 aromatic heterocycles. The molecule has 44 heavy (non-hydrogen) atoms. The molecule has 3 aliphatic carbocycles. The second-order valence-electron chi connectivity index (χ2n) is 12.9. The van der Waals surface area contributed by atoms with E-state index in [0.717, 1.165) is 38.5 Å². The second-order valence-corrected chi connectivity index (χ2v) is 12.9. The highest BCUT2D eigenvalue weighted by atomic mass is 19.3. The van der Waals surface area contributed by atoms with Gasteiger partial charge in [-0.1, -0.05) is 0 Å². The third-order valence-electron chi connectivity index (χ3n) is 8.46. The fourth-order valence-corrected chi connectivity index (χ4v) is 6.49. The van der Waals surface area contributed by atoms with E-state index in [1.807, 2.05) is 43.5 Å². The molecule has 2 unspecified atom stereocenters. The molecular weight excluding hydrogens is 574 g/mol. The SMILES string of the molecule is COc1cc(-c2cnc3cc(OC4C[C@H]5CC[C@@H](C4)C5NC(=O)OC(C)(C)C)ccn23)cc(OC(F)F)c1C(=O)NC1CC1. The molecule has 0 saturated heterocycles. The summed E-state index contributed by atoms with van der Waals surface area (Å²) in [5.74, 6) is 0.647. The molecule has 4 atom stereocenters. The first-order valence-corrected chi connectivity index (χ1v) is 15.1. The van der Waals surface area contributed by atoms with Crippen LogP contribution < -0.4 is 24.8 Å². The van der Waals surface area contributed by atoms with Gasteiger partial charge < -0.3 is 29.6 Å². The molecule has 2 amide bonds. The maximum atomic E-state index is 13.4. The number of fused-ring (bicyclic) bond motifs is 3. The lowest BCUT2D eigenvalue weighted by Gasteiger charge is -2.36. The van der Waals surface area contributed by atoms with Crippen LogP contribution in [0.5, 0.6) is 17.2 Å². The monoisotopic (exact) mass is 612 g/mol. The zero-order valence-electron chi connectivity index (χ0n) is 25.3. The van der Waals surface area contributed by atoms with Crippen molar-refractivity contribution in [3.8, 4) is 28.5 Å². The van der Waals surface area contributed by atoms with Crippen molar-refractivity contribution in [3.63, 3.8) is 0 Å². The van der Waals surface area contributed by atoms with Crippen molar-refractivity contribution in [2.45, 2.75) is 89.7 Å². The summed E-state index contributed by atoms with van der Waals surface area (Å²) in [7, 11) is 1.38. The van der Waals surface area contributed by atoms with E-state index in [0.29, 0.717) is 34.5 Å². The number of methoxy groups -OCH3 is 1. The molecule has 2 bridgehead atoms. The number of pyridine rings is 1. The number of carbonyl (C=O) groups is 2. The van der Waals surface area contributed by atoms with Gasteiger partial charge in [0.15, 0.2) is 0 Å². The van der Waals surface area contributed by atoms with E-state index in [4.69, 9.17) is 18.9 Å². The van der Waals surface area contributed by atoms with Crippen LogP contribution >= 0.6 is 0 Å². The first-order chi connectivity index (χ1) is 21.0. The summed E-state index contributed by atoms with van der Waals surface area (Å²) >= 11 is 0. The Bertz CT molecular complexity index is 1540. The molecule has 12 heteroatoms. The number of alkyl halides is 2. The number of nitrogens with zero attached hydrogens (tertiary/aromatic N) is 2. The van der Waals surface area contributed by atoms with Crippen molar-refractivity contribution in [2.24, 2.45) is 11.8 Å². The van der Waals surface area contributed by atoms with Crippen molar-refractivity contribution in [1.82, 2.24) is 20.0 Å². The normalized spacial score (nSPS) is 23.0. The van der Waals surface area contributed by atoms with E-state index in [1.54, 1.807) is 12.3 Å². The highest BCUT2D eigenvalue weighted by Crippen LogP contribution is 2.44. The smallest absolute Gasteiger partial charge is 0.407 e. The van der Waals surface area contributed by atoms with Crippen molar-refractivity contribution < 1.29 is 37.3 Å². The minimum atomic E-state index is -3.12. The first kappa shape index (κ1) is 30.0. The fraction of sp³-hybridized carbons (Fsp3) is 0.531. The Morgan fingerprint density at radius 3 is 2.36 bits per heavy atom. The Balaban J connectivity index is 1.19. The molecule has 2 heterocycles. The summed E-state index contributed by atoms with van der Waals surface area (Å²) in [6.45, 7) is 2.44. The van der Waals surface area contributed by atoms with Gasteiger partial charge >= 0.3 is 12.7 Å². The van der Waals surface area contributed by atoms with Crippen molar-refractivity contribution >= 4 is 17.6 Å². The first-order valence-electron chi connectivity index (χ1n) is 15.1. The molecule has 0 aliphatic heterocycles. The van der Waals surface area contributed by atoms with E-state index in [1.165, 1.54) is 13.2 Å². The van der Waals surface area contributed by atoms with Crippen LogP contribution in [0.3, 0.4) is 0 Å². The Labute approximate surface area is 254 Å². The maximum Gasteiger partial charge on any atom is 0.407 e. The van der Waals surface area contributed by atoms with Crippen molar-refractivity contribution in [3.05, 3.63) is 42.2 Å². The maximum absolute atomic E-state index is 13.4. The zero-order valence-corrected chi connectivity index (χ0v) is 25.3. The number of hydrogen-bond acceptors (Lipinski definition) is 7. The van der Waals surface area contributed by atoms with Gasteiger partial charge in [-0.2, -0.15) is 8.78 Å². The van der Waals surface area contributed by atoms with Crippen LogP contribution in [0.2, 0.25) is 0 Å². The van der Waals surface area contributed by atoms with Crippen LogP contribution in [0.25, 0.3) is 16.9 Å². The summed E-state index contributed by atoms with van der Waals surface area (Å²) in [4.78, 5) is 29.8. The van der Waals surface area contributed by atoms with Gasteiger partial charge in [-0.05, 0) is 89.3 Å². The van der Waals surface area contributed by atoms with E-state index in [9.17, 15) is 18.4 Å². The number of aromatic nitrogens is 2. The topological polar surface area (TPSA) is 112 Å². The largest absolute Gasteiger partial charge is 0.496 e. The molecule has 2 N–H and O–H groups in total. The third kappa shape index (κ3) is 6.53. The minimum absolute atomic E-state index is 0.00807. The van der Waals surface area contributed by atoms with Crippen molar-refractivity contribution in [2.75, 3.05) is 7.11 Å². The van der Waals surface area contributed by atoms with Gasteiger partial charge in [-0.25, -0.2) is 9.78 Å². The minimum Gasteiger partial charge on any atom is -0.496 e. The molecule has 6 rings (SSSR count). The Morgan fingerprint density at radius 2 is 1.73 bits per heavy atom. The van der Waals surface area contributed by atoms with Gasteiger partial charge in [-0.15, -0.1) is 0 Å². The zero-order chi connectivity index (χ0) is 31.2. The number of hydrogen-bond donors (Lipinski definition) is 2. The number of rotatable bonds is 9. The number of imidazole rings is 1. The molecule has 3 saturated carbocycles. The van der Waals surface area contributed by atoms with Crippen LogP contribution in [0.1, 0.15) is 69.7 Å². The number of carbonyl (C=O) groups excluding carboxylic acids is 2. The molecule has 3 aliphatic rings. The standard InChI is InChI=1S/C32H38F2N4O6/c1-32(2,3)44-31(40)37-28-17-5-6-18(28)12-22(11-17)42-21-9-10-38-23(16-35-26(38)15-21)19-13-24(41-4)27(25(14-19)43-30(33)34)29(39)36-20-7-8-20/h9-10,13-18,20,22,28,30H,5-8,11-12H2,1-4H3,(H,36,39)(H,37,40)/t17-,18+,22?,28?. The van der Waals surface area contributed by atoms with E-state index < -0.39 is 18.1 Å². The van der Waals surface area contributed by atoms with Gasteiger partial charge in [-0.3, -0.25) is 9.20 Å². The summed E-state index contributed by atoms with van der Waals surface area (Å²) in [6.07, 6.45) is 8.49. The second kappa shape index (κ2) is 11.8. The fourth-order valence-electron chi connectivity index (χ4n) is 6.49. The highest BCUT2D eigenvalue weighted by molar-refractivity contribution is 6.01. The quantitative estimate of drug-likeness (QED) is 0.307. The average Bonchev–Trinajstić information content (AvgIpc) is 3.61. The van der Waals surface area contributed by atoms with E-state index in [-0.39, 0.29) is 41.3 Å². The molecular formula is C32H38F2N4O6. The van der Waals surface area contributed by atoms with Gasteiger partial charge in [0, 0.05) is 29.9 Å². The number of amides is 2. The molecule has 3 fully saturated rings. The van der Waals surface area contributed by atoms with E-state index >= 15 is 0 Å². The predicted molar refractivity (Wildman–Crippen MR) is 157 cm³/mol. The lowest BCUT2D eigenvalue weighted by atomic mass is 9.82. The lowest BCUT2D eigenvalue weighted by molar-refractivity contribution is -0.0502. The molecule has 0 spiro atoms. The van der Waals surface area contributed by atoms with E-state index in [2.05, 4.69) is 15.6 Å². The third-order valence-corrected chi connectivity index (χ3v) is 8.46.